The fourth-order valence-corrected chi connectivity index (χ4v) is 1.82. The van der Waals surface area contributed by atoms with Crippen LogP contribution >= 0.6 is 0 Å². The summed E-state index contributed by atoms with van der Waals surface area (Å²) in [5.74, 6) is 0.829. The van der Waals surface area contributed by atoms with Crippen LogP contribution in [0, 0.1) is 5.41 Å². The van der Waals surface area contributed by atoms with E-state index in [2.05, 4.69) is 21.9 Å². The second-order valence-corrected chi connectivity index (χ2v) is 4.44. The zero-order valence-electron chi connectivity index (χ0n) is 12.2. The van der Waals surface area contributed by atoms with Crippen molar-refractivity contribution in [3.8, 4) is 0 Å². The summed E-state index contributed by atoms with van der Waals surface area (Å²) in [5, 5.41) is 11.3. The van der Waals surface area contributed by atoms with Crippen LogP contribution in [0.5, 0.6) is 0 Å². The quantitative estimate of drug-likeness (QED) is 0.644. The van der Waals surface area contributed by atoms with Gasteiger partial charge in [0.15, 0.2) is 5.84 Å². The number of aliphatic imine (C=N–C) groups is 2. The van der Waals surface area contributed by atoms with Crippen molar-refractivity contribution in [2.45, 2.75) is 0 Å². The van der Waals surface area contributed by atoms with Gasteiger partial charge in [0.05, 0.1) is 0 Å². The van der Waals surface area contributed by atoms with Crippen LogP contribution < -0.4 is 5.32 Å². The maximum atomic E-state index is 8.14. The SMILES string of the molecule is C=C/C=N\CN/C(=N\C(=N)c1ccccc1)c1ccccc1. The highest BCUT2D eigenvalue weighted by Crippen LogP contribution is 2.04. The molecule has 0 aliphatic heterocycles. The summed E-state index contributed by atoms with van der Waals surface area (Å²) >= 11 is 0. The number of nitrogens with one attached hydrogen (secondary N) is 2. The standard InChI is InChI=1S/C18H18N4/c1-2-13-20-14-21-18(16-11-7-4-8-12-16)22-17(19)15-9-5-3-6-10-15/h2-13H,1,14H2,(H2,19,21,22)/b20-13-. The molecule has 0 saturated carbocycles. The molecule has 0 unspecified atom stereocenters. The third kappa shape index (κ3) is 4.52. The summed E-state index contributed by atoms with van der Waals surface area (Å²) in [7, 11) is 0. The molecule has 2 aromatic rings. The Morgan fingerprint density at radius 2 is 1.59 bits per heavy atom. The lowest BCUT2D eigenvalue weighted by Gasteiger charge is -2.09. The molecule has 0 heterocycles. The maximum absolute atomic E-state index is 8.14. The van der Waals surface area contributed by atoms with Gasteiger partial charge in [0, 0.05) is 17.3 Å². The van der Waals surface area contributed by atoms with Gasteiger partial charge in [-0.1, -0.05) is 73.3 Å². The maximum Gasteiger partial charge on any atom is 0.154 e. The van der Waals surface area contributed by atoms with Crippen molar-refractivity contribution in [1.82, 2.24) is 5.32 Å². The lowest BCUT2D eigenvalue weighted by molar-refractivity contribution is 0.933. The molecule has 0 atom stereocenters. The Bertz CT molecular complexity index is 673. The summed E-state index contributed by atoms with van der Waals surface area (Å²) in [4.78, 5) is 8.53. The lowest BCUT2D eigenvalue weighted by Crippen LogP contribution is -2.26. The van der Waals surface area contributed by atoms with E-state index >= 15 is 0 Å². The van der Waals surface area contributed by atoms with Crippen molar-refractivity contribution in [2.75, 3.05) is 6.67 Å². The Morgan fingerprint density at radius 3 is 2.18 bits per heavy atom. The smallest absolute Gasteiger partial charge is 0.154 e. The molecule has 2 aromatic carbocycles. The molecular weight excluding hydrogens is 272 g/mol. The highest BCUT2D eigenvalue weighted by molar-refractivity contribution is 6.10. The molecule has 0 bridgehead atoms. The topological polar surface area (TPSA) is 60.6 Å². The van der Waals surface area contributed by atoms with Gasteiger partial charge in [0.1, 0.15) is 12.5 Å². The first-order valence-corrected chi connectivity index (χ1v) is 6.94. The van der Waals surface area contributed by atoms with Gasteiger partial charge in [-0.05, 0) is 0 Å². The predicted octanol–water partition coefficient (Wildman–Crippen LogP) is 3.26. The minimum absolute atomic E-state index is 0.208. The number of hydrogen-bond donors (Lipinski definition) is 2. The number of nitrogens with zero attached hydrogens (tertiary/aromatic N) is 2. The average Bonchev–Trinajstić information content (AvgIpc) is 2.59. The Balaban J connectivity index is 2.23. The first kappa shape index (κ1) is 15.4. The minimum Gasteiger partial charge on any atom is -0.350 e. The van der Waals surface area contributed by atoms with Crippen LogP contribution in [0.25, 0.3) is 0 Å². The molecule has 4 nitrogen and oxygen atoms in total. The second-order valence-electron chi connectivity index (χ2n) is 4.44. The summed E-state index contributed by atoms with van der Waals surface area (Å²) < 4.78 is 0. The molecule has 0 aliphatic rings. The molecule has 0 amide bonds. The predicted molar refractivity (Wildman–Crippen MR) is 92.9 cm³/mol. The van der Waals surface area contributed by atoms with E-state index in [0.717, 1.165) is 11.1 Å². The van der Waals surface area contributed by atoms with E-state index in [4.69, 9.17) is 5.41 Å². The molecular formula is C18H18N4. The van der Waals surface area contributed by atoms with Crippen LogP contribution in [0.2, 0.25) is 0 Å². The fourth-order valence-electron chi connectivity index (χ4n) is 1.82. The summed E-state index contributed by atoms with van der Waals surface area (Å²) in [6.07, 6.45) is 3.24. The first-order valence-electron chi connectivity index (χ1n) is 6.94. The molecule has 0 aliphatic carbocycles. The van der Waals surface area contributed by atoms with Crippen LogP contribution in [-0.4, -0.2) is 24.6 Å². The molecule has 0 fully saturated rings. The average molecular weight is 290 g/mol. The molecule has 0 aromatic heterocycles. The third-order valence-corrected chi connectivity index (χ3v) is 2.87. The van der Waals surface area contributed by atoms with Gasteiger partial charge >= 0.3 is 0 Å². The zero-order chi connectivity index (χ0) is 15.6. The highest BCUT2D eigenvalue weighted by atomic mass is 15.1. The fraction of sp³-hybridized carbons (Fsp3) is 0.0556. The zero-order valence-corrected chi connectivity index (χ0v) is 12.2. The Labute approximate surface area is 130 Å². The van der Waals surface area contributed by atoms with E-state index in [1.807, 2.05) is 60.7 Å². The van der Waals surface area contributed by atoms with E-state index in [1.54, 1.807) is 12.3 Å². The molecule has 2 N–H and O–H groups in total. The van der Waals surface area contributed by atoms with E-state index < -0.39 is 0 Å². The van der Waals surface area contributed by atoms with E-state index in [1.165, 1.54) is 0 Å². The molecule has 0 spiro atoms. The Morgan fingerprint density at radius 1 is 1.00 bits per heavy atom. The molecule has 2 rings (SSSR count). The van der Waals surface area contributed by atoms with Gasteiger partial charge in [0.25, 0.3) is 0 Å². The molecule has 110 valence electrons. The van der Waals surface area contributed by atoms with Crippen molar-refractivity contribution in [1.29, 1.82) is 5.41 Å². The Kier molecular flexibility index (Phi) is 5.81. The van der Waals surface area contributed by atoms with Crippen LogP contribution in [0.1, 0.15) is 11.1 Å². The minimum atomic E-state index is 0.208. The lowest BCUT2D eigenvalue weighted by atomic mass is 10.2. The van der Waals surface area contributed by atoms with E-state index in [-0.39, 0.29) is 5.84 Å². The second kappa shape index (κ2) is 8.32. The van der Waals surface area contributed by atoms with Crippen LogP contribution in [-0.2, 0) is 0 Å². The third-order valence-electron chi connectivity index (χ3n) is 2.87. The van der Waals surface area contributed by atoms with E-state index in [0.29, 0.717) is 12.5 Å². The van der Waals surface area contributed by atoms with Crippen molar-refractivity contribution >= 4 is 17.9 Å². The van der Waals surface area contributed by atoms with Gasteiger partial charge < -0.3 is 5.32 Å². The van der Waals surface area contributed by atoms with Crippen molar-refractivity contribution in [3.05, 3.63) is 84.4 Å². The van der Waals surface area contributed by atoms with Crippen molar-refractivity contribution in [3.63, 3.8) is 0 Å². The summed E-state index contributed by atoms with van der Waals surface area (Å²) in [5.41, 5.74) is 1.68. The summed E-state index contributed by atoms with van der Waals surface area (Å²) in [6, 6.07) is 19.1. The van der Waals surface area contributed by atoms with Gasteiger partial charge in [0.2, 0.25) is 0 Å². The van der Waals surface area contributed by atoms with Crippen molar-refractivity contribution in [2.24, 2.45) is 9.98 Å². The Hall–Kier alpha value is -3.01. The van der Waals surface area contributed by atoms with Crippen LogP contribution in [0.4, 0.5) is 0 Å². The molecule has 4 heteroatoms. The van der Waals surface area contributed by atoms with Crippen LogP contribution in [0.3, 0.4) is 0 Å². The van der Waals surface area contributed by atoms with Gasteiger partial charge in [-0.3, -0.25) is 10.4 Å². The van der Waals surface area contributed by atoms with Crippen molar-refractivity contribution < 1.29 is 0 Å². The van der Waals surface area contributed by atoms with E-state index in [9.17, 15) is 0 Å². The highest BCUT2D eigenvalue weighted by Gasteiger charge is 2.05. The number of benzene rings is 2. The number of amidine groups is 2. The number of hydrogen-bond acceptors (Lipinski definition) is 2. The summed E-state index contributed by atoms with van der Waals surface area (Å²) in [6.45, 7) is 3.96. The number of rotatable bonds is 5. The monoisotopic (exact) mass is 290 g/mol. The normalized spacial score (nSPS) is 11.4. The van der Waals surface area contributed by atoms with Crippen LogP contribution in [0.15, 0.2) is 83.3 Å². The molecule has 0 radical (unpaired) electrons. The first-order chi connectivity index (χ1) is 10.8. The molecule has 0 saturated heterocycles. The largest absolute Gasteiger partial charge is 0.350 e. The van der Waals surface area contributed by atoms with Gasteiger partial charge in [-0.15, -0.1) is 0 Å². The number of allylic oxidation sites excluding steroid dienone is 1. The van der Waals surface area contributed by atoms with Gasteiger partial charge in [-0.2, -0.15) is 0 Å². The molecule has 22 heavy (non-hydrogen) atoms. The van der Waals surface area contributed by atoms with Gasteiger partial charge in [-0.25, -0.2) is 4.99 Å².